The summed E-state index contributed by atoms with van der Waals surface area (Å²) in [5.41, 5.74) is 3.28. The zero-order valence-corrected chi connectivity index (χ0v) is 14.6. The molecule has 132 valence electrons. The summed E-state index contributed by atoms with van der Waals surface area (Å²) in [6.45, 7) is 1.47. The number of amides is 1. The van der Waals surface area contributed by atoms with E-state index in [2.05, 4.69) is 10.5 Å². The van der Waals surface area contributed by atoms with Crippen LogP contribution in [0.2, 0.25) is 0 Å². The van der Waals surface area contributed by atoms with Gasteiger partial charge < -0.3 is 0 Å². The number of nitrogens with zero attached hydrogens (tertiary/aromatic N) is 2. The van der Waals surface area contributed by atoms with Crippen molar-refractivity contribution in [2.45, 2.75) is 13.0 Å². The molecule has 1 atom stereocenters. The second-order valence-electron chi connectivity index (χ2n) is 5.36. The lowest BCUT2D eigenvalue weighted by molar-refractivity contribution is -0.121. The molecule has 0 heterocycles. The Balaban J connectivity index is 2.12. The molecule has 0 radical (unpaired) electrons. The van der Waals surface area contributed by atoms with E-state index in [4.69, 9.17) is 0 Å². The molecule has 0 unspecified atom stereocenters. The summed E-state index contributed by atoms with van der Waals surface area (Å²) < 4.78 is 38.0. The van der Waals surface area contributed by atoms with Gasteiger partial charge in [-0.15, -0.1) is 0 Å². The van der Waals surface area contributed by atoms with Crippen molar-refractivity contribution in [2.75, 3.05) is 10.6 Å². The number of hydrogen-bond donors (Lipinski definition) is 1. The highest BCUT2D eigenvalue weighted by Gasteiger charge is 2.28. The van der Waals surface area contributed by atoms with Gasteiger partial charge >= 0.3 is 0 Å². The zero-order chi connectivity index (χ0) is 18.4. The first-order valence-electron chi connectivity index (χ1n) is 7.42. The van der Waals surface area contributed by atoms with Crippen LogP contribution in [0.1, 0.15) is 12.5 Å². The zero-order valence-electron chi connectivity index (χ0n) is 13.8. The van der Waals surface area contributed by atoms with Crippen molar-refractivity contribution in [2.24, 2.45) is 5.10 Å². The molecule has 0 spiro atoms. The van der Waals surface area contributed by atoms with E-state index in [9.17, 15) is 17.6 Å². The molecule has 0 saturated carbocycles. The average Bonchev–Trinajstić information content (AvgIpc) is 2.56. The average molecular weight is 363 g/mol. The fourth-order valence-corrected chi connectivity index (χ4v) is 3.37. The number of carbonyl (C=O) groups is 1. The van der Waals surface area contributed by atoms with E-state index in [0.29, 0.717) is 11.3 Å². The van der Waals surface area contributed by atoms with E-state index in [0.717, 1.165) is 10.6 Å². The highest BCUT2D eigenvalue weighted by atomic mass is 32.2. The third kappa shape index (κ3) is 5.12. The van der Waals surface area contributed by atoms with Gasteiger partial charge in [-0.2, -0.15) is 5.10 Å². The van der Waals surface area contributed by atoms with Crippen LogP contribution in [0.15, 0.2) is 59.7 Å². The molecule has 2 rings (SSSR count). The molecular formula is C17H18FN3O3S. The second-order valence-corrected chi connectivity index (χ2v) is 7.22. The maximum atomic E-state index is 12.8. The Morgan fingerprint density at radius 3 is 2.32 bits per heavy atom. The first-order chi connectivity index (χ1) is 11.8. The van der Waals surface area contributed by atoms with Crippen LogP contribution in [0.3, 0.4) is 0 Å². The van der Waals surface area contributed by atoms with Gasteiger partial charge in [-0.05, 0) is 36.8 Å². The van der Waals surface area contributed by atoms with Gasteiger partial charge in [0.1, 0.15) is 11.9 Å². The third-order valence-corrected chi connectivity index (χ3v) is 4.60. The van der Waals surface area contributed by atoms with Crippen molar-refractivity contribution in [1.29, 1.82) is 0 Å². The quantitative estimate of drug-likeness (QED) is 0.631. The summed E-state index contributed by atoms with van der Waals surface area (Å²) in [5, 5.41) is 3.78. The first kappa shape index (κ1) is 18.6. The van der Waals surface area contributed by atoms with Crippen LogP contribution in [0.4, 0.5) is 10.1 Å². The van der Waals surface area contributed by atoms with Crippen LogP contribution >= 0.6 is 0 Å². The number of nitrogens with one attached hydrogen (secondary N) is 1. The highest BCUT2D eigenvalue weighted by Crippen LogP contribution is 2.20. The lowest BCUT2D eigenvalue weighted by atomic mass is 10.2. The van der Waals surface area contributed by atoms with E-state index < -0.39 is 22.0 Å². The fraction of sp³-hybridized carbons (Fsp3) is 0.176. The van der Waals surface area contributed by atoms with Crippen molar-refractivity contribution in [3.8, 4) is 0 Å². The van der Waals surface area contributed by atoms with Crippen molar-refractivity contribution < 1.29 is 17.6 Å². The molecular weight excluding hydrogens is 345 g/mol. The Hall–Kier alpha value is -2.74. The summed E-state index contributed by atoms with van der Waals surface area (Å²) in [4.78, 5) is 12.3. The van der Waals surface area contributed by atoms with Crippen molar-refractivity contribution in [3.63, 3.8) is 0 Å². The van der Waals surface area contributed by atoms with Crippen LogP contribution < -0.4 is 9.73 Å². The van der Waals surface area contributed by atoms with Crippen LogP contribution in [0, 0.1) is 5.82 Å². The predicted octanol–water partition coefficient (Wildman–Crippen LogP) is 2.13. The Kier molecular flexibility index (Phi) is 5.87. The van der Waals surface area contributed by atoms with Crippen molar-refractivity contribution in [1.82, 2.24) is 5.43 Å². The lowest BCUT2D eigenvalue weighted by Crippen LogP contribution is -2.46. The molecule has 0 saturated heterocycles. The number of hydrogen-bond acceptors (Lipinski definition) is 4. The van der Waals surface area contributed by atoms with E-state index in [1.165, 1.54) is 37.4 Å². The second kappa shape index (κ2) is 7.89. The predicted molar refractivity (Wildman–Crippen MR) is 95.4 cm³/mol. The third-order valence-electron chi connectivity index (χ3n) is 3.36. The van der Waals surface area contributed by atoms with Gasteiger partial charge in [0.25, 0.3) is 5.91 Å². The molecule has 25 heavy (non-hydrogen) atoms. The van der Waals surface area contributed by atoms with Gasteiger partial charge in [-0.25, -0.2) is 18.2 Å². The molecule has 8 heteroatoms. The van der Waals surface area contributed by atoms with E-state index in [-0.39, 0.29) is 5.82 Å². The molecule has 2 aromatic carbocycles. The summed E-state index contributed by atoms with van der Waals surface area (Å²) in [6, 6.07) is 12.9. The molecule has 0 aliphatic heterocycles. The molecule has 0 aliphatic carbocycles. The van der Waals surface area contributed by atoms with Crippen LogP contribution in [-0.2, 0) is 14.8 Å². The molecule has 6 nitrogen and oxygen atoms in total. The fourth-order valence-electron chi connectivity index (χ4n) is 2.20. The van der Waals surface area contributed by atoms with Gasteiger partial charge in [-0.1, -0.05) is 30.3 Å². The van der Waals surface area contributed by atoms with Crippen LogP contribution in [0.25, 0.3) is 0 Å². The molecule has 0 fully saturated rings. The summed E-state index contributed by atoms with van der Waals surface area (Å²) >= 11 is 0. The SMILES string of the molecule is C[C@H](C(=O)N/N=C\c1ccc(F)cc1)N(c1ccccc1)S(C)(=O)=O. The van der Waals surface area contributed by atoms with E-state index >= 15 is 0 Å². The monoisotopic (exact) mass is 363 g/mol. The van der Waals surface area contributed by atoms with Gasteiger partial charge in [0.2, 0.25) is 10.0 Å². The number of halogens is 1. The number of rotatable bonds is 6. The van der Waals surface area contributed by atoms with Gasteiger partial charge in [0, 0.05) is 0 Å². The number of carbonyl (C=O) groups excluding carboxylic acids is 1. The Morgan fingerprint density at radius 2 is 1.76 bits per heavy atom. The topological polar surface area (TPSA) is 78.8 Å². The van der Waals surface area contributed by atoms with Crippen LogP contribution in [0.5, 0.6) is 0 Å². The minimum Gasteiger partial charge on any atom is -0.271 e. The molecule has 0 aliphatic rings. The number of para-hydroxylation sites is 1. The Labute approximate surface area is 146 Å². The van der Waals surface area contributed by atoms with Gasteiger partial charge in [-0.3, -0.25) is 9.10 Å². The molecule has 0 aromatic heterocycles. The van der Waals surface area contributed by atoms with Crippen LogP contribution in [-0.4, -0.2) is 32.8 Å². The number of sulfonamides is 1. The Morgan fingerprint density at radius 1 is 1.16 bits per heavy atom. The number of hydrazone groups is 1. The molecule has 0 bridgehead atoms. The van der Waals surface area contributed by atoms with Crippen molar-refractivity contribution >= 4 is 27.8 Å². The molecule has 2 aromatic rings. The molecule has 1 N–H and O–H groups in total. The summed E-state index contributed by atoms with van der Waals surface area (Å²) in [5.74, 6) is -0.964. The first-order valence-corrected chi connectivity index (χ1v) is 9.27. The maximum absolute atomic E-state index is 12.8. The minimum atomic E-state index is -3.67. The lowest BCUT2D eigenvalue weighted by Gasteiger charge is -2.27. The Bertz CT molecular complexity index is 852. The highest BCUT2D eigenvalue weighted by molar-refractivity contribution is 7.92. The minimum absolute atomic E-state index is 0.374. The van der Waals surface area contributed by atoms with Gasteiger partial charge in [0.05, 0.1) is 18.2 Å². The number of anilines is 1. The van der Waals surface area contributed by atoms with Gasteiger partial charge in [0.15, 0.2) is 0 Å². The summed E-state index contributed by atoms with van der Waals surface area (Å²) in [7, 11) is -3.67. The normalized spacial score (nSPS) is 12.8. The maximum Gasteiger partial charge on any atom is 0.263 e. The van der Waals surface area contributed by atoms with E-state index in [1.807, 2.05) is 0 Å². The van der Waals surface area contributed by atoms with E-state index in [1.54, 1.807) is 30.3 Å². The number of benzene rings is 2. The standard InChI is InChI=1S/C17H18FN3O3S/c1-13(21(25(2,23)24)16-6-4-3-5-7-16)17(22)20-19-12-14-8-10-15(18)11-9-14/h3-13H,1-2H3,(H,20,22)/b19-12-/t13-/m1/s1. The van der Waals surface area contributed by atoms with Crippen molar-refractivity contribution in [3.05, 3.63) is 66.0 Å². The summed E-state index contributed by atoms with van der Waals surface area (Å²) in [6.07, 6.45) is 2.38. The molecule has 1 amide bonds. The smallest absolute Gasteiger partial charge is 0.263 e. The largest absolute Gasteiger partial charge is 0.271 e.